The molecule has 3 rings (SSSR count). The number of carbonyl (C=O) groups excluding carboxylic acids is 1. The topological polar surface area (TPSA) is 64.8 Å². The molecular weight excluding hydrogens is 398 g/mol. The number of likely N-dealkylation sites (N-methyl/N-ethyl adjacent to an activating group) is 1. The minimum Gasteiger partial charge on any atom is -0.397 e. The van der Waals surface area contributed by atoms with Crippen LogP contribution in [0.2, 0.25) is 5.02 Å². The second-order valence-corrected chi connectivity index (χ2v) is 8.47. The van der Waals surface area contributed by atoms with Crippen LogP contribution in [0.3, 0.4) is 0 Å². The number of rotatable bonds is 8. The van der Waals surface area contributed by atoms with E-state index in [9.17, 15) is 4.79 Å². The molecule has 6 nitrogen and oxygen atoms in total. The van der Waals surface area contributed by atoms with Gasteiger partial charge in [0, 0.05) is 56.4 Å². The number of nitrogen functional groups attached to an aromatic ring is 1. The average molecular weight is 430 g/mol. The molecule has 1 fully saturated rings. The van der Waals surface area contributed by atoms with Gasteiger partial charge in [-0.25, -0.2) is 0 Å². The van der Waals surface area contributed by atoms with Gasteiger partial charge in [0.25, 0.3) is 5.91 Å². The van der Waals surface area contributed by atoms with Crippen molar-refractivity contribution in [2.45, 2.75) is 6.42 Å². The van der Waals surface area contributed by atoms with Gasteiger partial charge in [0.05, 0.1) is 11.4 Å². The Labute approximate surface area is 184 Å². The highest BCUT2D eigenvalue weighted by Gasteiger charge is 2.19. The van der Waals surface area contributed by atoms with Crippen LogP contribution in [0.15, 0.2) is 42.5 Å². The van der Waals surface area contributed by atoms with Crippen molar-refractivity contribution < 1.29 is 4.79 Å². The third-order valence-corrected chi connectivity index (χ3v) is 5.73. The van der Waals surface area contributed by atoms with E-state index in [0.717, 1.165) is 56.9 Å². The molecule has 1 amide bonds. The third kappa shape index (κ3) is 6.36. The third-order valence-electron chi connectivity index (χ3n) is 5.48. The van der Waals surface area contributed by atoms with Crippen molar-refractivity contribution in [1.29, 1.82) is 0 Å². The SMILES string of the molecule is CN(C)CCN1CCN(c2ccc(C(=O)NCCc3ccc(Cl)cc3)cc2N)CC1. The first-order valence-electron chi connectivity index (χ1n) is 10.5. The predicted molar refractivity (Wildman–Crippen MR) is 126 cm³/mol. The molecule has 1 heterocycles. The van der Waals surface area contributed by atoms with Crippen LogP contribution < -0.4 is 16.0 Å². The minimum absolute atomic E-state index is 0.101. The molecule has 0 radical (unpaired) electrons. The molecule has 0 aromatic heterocycles. The average Bonchev–Trinajstić information content (AvgIpc) is 2.74. The zero-order chi connectivity index (χ0) is 21.5. The number of benzene rings is 2. The number of nitrogens with two attached hydrogens (primary N) is 1. The number of hydrogen-bond acceptors (Lipinski definition) is 5. The van der Waals surface area contributed by atoms with Gasteiger partial charge in [0.15, 0.2) is 0 Å². The first-order valence-corrected chi connectivity index (χ1v) is 10.8. The molecule has 162 valence electrons. The Balaban J connectivity index is 1.49. The van der Waals surface area contributed by atoms with Crippen molar-refractivity contribution >= 4 is 28.9 Å². The van der Waals surface area contributed by atoms with E-state index in [1.165, 1.54) is 0 Å². The first-order chi connectivity index (χ1) is 14.4. The van der Waals surface area contributed by atoms with Crippen molar-refractivity contribution in [3.8, 4) is 0 Å². The summed E-state index contributed by atoms with van der Waals surface area (Å²) in [5.74, 6) is -0.101. The van der Waals surface area contributed by atoms with Gasteiger partial charge in [-0.05, 0) is 56.4 Å². The summed E-state index contributed by atoms with van der Waals surface area (Å²) in [6.07, 6.45) is 0.759. The van der Waals surface area contributed by atoms with Gasteiger partial charge >= 0.3 is 0 Å². The number of nitrogens with one attached hydrogen (secondary N) is 1. The molecule has 2 aromatic carbocycles. The van der Waals surface area contributed by atoms with E-state index in [1.54, 1.807) is 6.07 Å². The van der Waals surface area contributed by atoms with Crippen LogP contribution in [0.1, 0.15) is 15.9 Å². The summed E-state index contributed by atoms with van der Waals surface area (Å²) in [5, 5.41) is 3.68. The van der Waals surface area contributed by atoms with Crippen molar-refractivity contribution in [2.75, 3.05) is 70.5 Å². The van der Waals surface area contributed by atoms with E-state index in [4.69, 9.17) is 17.3 Å². The highest BCUT2D eigenvalue weighted by Crippen LogP contribution is 2.25. The van der Waals surface area contributed by atoms with Gasteiger partial charge in [-0.2, -0.15) is 0 Å². The molecule has 1 saturated heterocycles. The lowest BCUT2D eigenvalue weighted by Gasteiger charge is -2.37. The summed E-state index contributed by atoms with van der Waals surface area (Å²) in [6.45, 7) is 6.68. The number of nitrogens with zero attached hydrogens (tertiary/aromatic N) is 3. The fourth-order valence-corrected chi connectivity index (χ4v) is 3.74. The van der Waals surface area contributed by atoms with Gasteiger partial charge in [0.1, 0.15) is 0 Å². The first kappa shape index (κ1) is 22.4. The minimum atomic E-state index is -0.101. The van der Waals surface area contributed by atoms with Crippen molar-refractivity contribution in [1.82, 2.24) is 15.1 Å². The van der Waals surface area contributed by atoms with E-state index in [-0.39, 0.29) is 5.91 Å². The summed E-state index contributed by atoms with van der Waals surface area (Å²) in [7, 11) is 4.21. The summed E-state index contributed by atoms with van der Waals surface area (Å²) in [5.41, 5.74) is 9.70. The van der Waals surface area contributed by atoms with Gasteiger partial charge in [-0.1, -0.05) is 23.7 Å². The molecule has 0 unspecified atom stereocenters. The number of amides is 1. The van der Waals surface area contributed by atoms with Crippen LogP contribution in [-0.2, 0) is 6.42 Å². The largest absolute Gasteiger partial charge is 0.397 e. The molecule has 1 aliphatic heterocycles. The quantitative estimate of drug-likeness (QED) is 0.631. The zero-order valence-electron chi connectivity index (χ0n) is 17.9. The molecule has 7 heteroatoms. The predicted octanol–water partition coefficient (Wildman–Crippen LogP) is 2.58. The van der Waals surface area contributed by atoms with Crippen LogP contribution in [0.25, 0.3) is 0 Å². The lowest BCUT2D eigenvalue weighted by molar-refractivity contribution is 0.0954. The Kier molecular flexibility index (Phi) is 7.96. The molecule has 0 spiro atoms. The van der Waals surface area contributed by atoms with E-state index in [1.807, 2.05) is 36.4 Å². The zero-order valence-corrected chi connectivity index (χ0v) is 18.7. The number of carbonyl (C=O) groups is 1. The molecule has 0 bridgehead atoms. The van der Waals surface area contributed by atoms with Crippen LogP contribution in [0, 0.1) is 0 Å². The molecule has 30 heavy (non-hydrogen) atoms. The number of anilines is 2. The van der Waals surface area contributed by atoms with Crippen molar-refractivity contribution in [3.05, 3.63) is 58.6 Å². The van der Waals surface area contributed by atoms with Crippen molar-refractivity contribution in [3.63, 3.8) is 0 Å². The number of halogens is 1. The molecule has 1 aliphatic rings. The van der Waals surface area contributed by atoms with Crippen LogP contribution in [0.5, 0.6) is 0 Å². The molecule has 3 N–H and O–H groups in total. The summed E-state index contributed by atoms with van der Waals surface area (Å²) >= 11 is 5.90. The normalized spacial score (nSPS) is 14.9. The molecule has 0 saturated carbocycles. The maximum atomic E-state index is 12.5. The van der Waals surface area contributed by atoms with Gasteiger partial charge in [0.2, 0.25) is 0 Å². The standard InChI is InChI=1S/C23H32ClN5O/c1-27(2)11-12-28-13-15-29(16-14-28)22-8-5-19(17-21(22)25)23(30)26-10-9-18-3-6-20(24)7-4-18/h3-8,17H,9-16,25H2,1-2H3,(H,26,30). The summed E-state index contributed by atoms with van der Waals surface area (Å²) < 4.78 is 0. The Morgan fingerprint density at radius 3 is 2.43 bits per heavy atom. The van der Waals surface area contributed by atoms with Gasteiger partial charge < -0.3 is 20.9 Å². The maximum Gasteiger partial charge on any atom is 0.251 e. The fourth-order valence-electron chi connectivity index (χ4n) is 3.61. The molecular formula is C23H32ClN5O. The Hall–Kier alpha value is -2.28. The van der Waals surface area contributed by atoms with E-state index in [2.05, 4.69) is 34.1 Å². The Bertz CT molecular complexity index is 832. The van der Waals surface area contributed by atoms with Crippen LogP contribution in [-0.4, -0.2) is 75.6 Å². The molecule has 0 atom stereocenters. The molecule has 2 aromatic rings. The highest BCUT2D eigenvalue weighted by atomic mass is 35.5. The van der Waals surface area contributed by atoms with Crippen molar-refractivity contribution in [2.24, 2.45) is 0 Å². The monoisotopic (exact) mass is 429 g/mol. The summed E-state index contributed by atoms with van der Waals surface area (Å²) in [4.78, 5) is 19.5. The van der Waals surface area contributed by atoms with Gasteiger partial charge in [-0.15, -0.1) is 0 Å². The second kappa shape index (κ2) is 10.7. The lowest BCUT2D eigenvalue weighted by atomic mass is 10.1. The lowest BCUT2D eigenvalue weighted by Crippen LogP contribution is -2.48. The maximum absolute atomic E-state index is 12.5. The van der Waals surface area contributed by atoms with Gasteiger partial charge in [-0.3, -0.25) is 9.69 Å². The van der Waals surface area contributed by atoms with E-state index < -0.39 is 0 Å². The van der Waals surface area contributed by atoms with Crippen LogP contribution >= 0.6 is 11.6 Å². The van der Waals surface area contributed by atoms with Crippen LogP contribution in [0.4, 0.5) is 11.4 Å². The van der Waals surface area contributed by atoms with E-state index in [0.29, 0.717) is 22.8 Å². The fraction of sp³-hybridized carbons (Fsp3) is 0.435. The number of hydrogen-bond donors (Lipinski definition) is 2. The summed E-state index contributed by atoms with van der Waals surface area (Å²) in [6, 6.07) is 13.3. The Morgan fingerprint density at radius 1 is 1.10 bits per heavy atom. The second-order valence-electron chi connectivity index (χ2n) is 8.04. The Morgan fingerprint density at radius 2 is 1.80 bits per heavy atom. The van der Waals surface area contributed by atoms with E-state index >= 15 is 0 Å². The smallest absolute Gasteiger partial charge is 0.251 e. The highest BCUT2D eigenvalue weighted by molar-refractivity contribution is 6.30. The number of piperazine rings is 1. The molecule has 0 aliphatic carbocycles.